The number of rotatable bonds is 2. The summed E-state index contributed by atoms with van der Waals surface area (Å²) in [6.45, 7) is 0.639. The van der Waals surface area contributed by atoms with Crippen molar-refractivity contribution in [3.8, 4) is 11.4 Å². The van der Waals surface area contributed by atoms with E-state index in [2.05, 4.69) is 9.47 Å². The van der Waals surface area contributed by atoms with Crippen molar-refractivity contribution in [3.63, 3.8) is 0 Å². The maximum Gasteiger partial charge on any atom is 0.300 e. The van der Waals surface area contributed by atoms with Crippen LogP contribution < -0.4 is 9.47 Å². The molecule has 0 saturated carbocycles. The molecule has 1 atom stereocenters. The largest absolute Gasteiger partial charge is 0.326 e. The average molecular weight is 467 g/mol. The molecule has 0 amide bonds. The number of fused-ring (bicyclic) bond motifs is 13. The van der Waals surface area contributed by atoms with Gasteiger partial charge in [-0.3, -0.25) is 20.2 Å². The predicted molar refractivity (Wildman–Crippen MR) is 129 cm³/mol. The number of non-ortho nitro benzene ring substituents is 1. The third kappa shape index (κ3) is 2.59. The monoisotopic (exact) mass is 467 g/mol. The molecule has 0 radical (unpaired) electrons. The van der Waals surface area contributed by atoms with Crippen LogP contribution in [-0.2, 0) is 0 Å². The van der Waals surface area contributed by atoms with Crippen molar-refractivity contribution in [1.82, 2.24) is 9.38 Å². The fourth-order valence-electron chi connectivity index (χ4n) is 5.83. The Morgan fingerprint density at radius 2 is 1.77 bits per heavy atom. The van der Waals surface area contributed by atoms with Crippen LogP contribution in [0.3, 0.4) is 0 Å². The minimum atomic E-state index is -0.565. The zero-order valence-corrected chi connectivity index (χ0v) is 18.5. The van der Waals surface area contributed by atoms with Crippen LogP contribution in [0.15, 0.2) is 60.7 Å². The highest BCUT2D eigenvalue weighted by Crippen LogP contribution is 2.48. The van der Waals surface area contributed by atoms with Crippen LogP contribution in [0.5, 0.6) is 0 Å². The molecule has 2 aromatic heterocycles. The van der Waals surface area contributed by atoms with Crippen LogP contribution in [0.2, 0.25) is 0 Å². The molecule has 4 heterocycles. The minimum absolute atomic E-state index is 0.151. The van der Waals surface area contributed by atoms with E-state index in [0.29, 0.717) is 23.6 Å². The summed E-state index contributed by atoms with van der Waals surface area (Å²) in [6.07, 6.45) is 2.55. The number of para-hydroxylation sites is 3. The van der Waals surface area contributed by atoms with Crippen LogP contribution >= 0.6 is 0 Å². The van der Waals surface area contributed by atoms with E-state index in [9.17, 15) is 20.2 Å². The minimum Gasteiger partial charge on any atom is -0.326 e. The summed E-state index contributed by atoms with van der Waals surface area (Å²) < 4.78 is 4.21. The Hall–Kier alpha value is -4.60. The van der Waals surface area contributed by atoms with Gasteiger partial charge in [0.2, 0.25) is 5.65 Å². The molecule has 7 rings (SSSR count). The number of nitro groups is 2. The number of nitro benzene ring substituents is 2. The van der Waals surface area contributed by atoms with Gasteiger partial charge in [-0.15, -0.1) is 0 Å². The number of hydrogen-bond acceptors (Lipinski definition) is 6. The number of aromatic nitrogens is 3. The summed E-state index contributed by atoms with van der Waals surface area (Å²) in [5.74, 6) is 0.678. The van der Waals surface area contributed by atoms with Crippen molar-refractivity contribution in [2.24, 2.45) is 0 Å². The maximum atomic E-state index is 12.2. The summed E-state index contributed by atoms with van der Waals surface area (Å²) in [6, 6.07) is 18.3. The smallest absolute Gasteiger partial charge is 0.300 e. The molecule has 1 unspecified atom stereocenters. The van der Waals surface area contributed by atoms with Crippen LogP contribution in [0, 0.1) is 20.2 Å². The van der Waals surface area contributed by atoms with Crippen LogP contribution in [0.4, 0.5) is 17.1 Å². The maximum absolute atomic E-state index is 12.2. The van der Waals surface area contributed by atoms with Gasteiger partial charge in [0, 0.05) is 19.0 Å². The lowest BCUT2D eigenvalue weighted by Gasteiger charge is -2.40. The highest BCUT2D eigenvalue weighted by molar-refractivity contribution is 5.98. The molecule has 1 saturated heterocycles. The van der Waals surface area contributed by atoms with Gasteiger partial charge in [0.05, 0.1) is 21.3 Å². The van der Waals surface area contributed by atoms with E-state index in [1.54, 1.807) is 0 Å². The first kappa shape index (κ1) is 19.8. The Balaban J connectivity index is 1.77. The van der Waals surface area contributed by atoms with Gasteiger partial charge in [0.25, 0.3) is 11.4 Å². The van der Waals surface area contributed by atoms with E-state index in [0.717, 1.165) is 52.9 Å². The first-order valence-corrected chi connectivity index (χ1v) is 11.5. The number of piperidine rings is 1. The molecule has 2 aliphatic heterocycles. The highest BCUT2D eigenvalue weighted by Gasteiger charge is 2.45. The van der Waals surface area contributed by atoms with E-state index < -0.39 is 9.85 Å². The molecule has 0 spiro atoms. The summed E-state index contributed by atoms with van der Waals surface area (Å²) in [5.41, 5.74) is 3.68. The molecule has 0 bridgehead atoms. The highest BCUT2D eigenvalue weighted by atomic mass is 16.6. The Kier molecular flexibility index (Phi) is 3.94. The number of benzene rings is 3. The second-order valence-electron chi connectivity index (χ2n) is 9.02. The van der Waals surface area contributed by atoms with Gasteiger partial charge in [-0.25, -0.2) is 9.55 Å². The zero-order valence-electron chi connectivity index (χ0n) is 18.5. The van der Waals surface area contributed by atoms with Crippen molar-refractivity contribution in [3.05, 3.63) is 80.9 Å². The molecular formula is C25H19N6O4+. The van der Waals surface area contributed by atoms with Gasteiger partial charge in [0.1, 0.15) is 22.3 Å². The van der Waals surface area contributed by atoms with Gasteiger partial charge < -0.3 is 4.90 Å². The molecule has 35 heavy (non-hydrogen) atoms. The summed E-state index contributed by atoms with van der Waals surface area (Å²) in [4.78, 5) is 29.9. The molecule has 10 heteroatoms. The van der Waals surface area contributed by atoms with E-state index in [4.69, 9.17) is 4.98 Å². The molecule has 0 aliphatic carbocycles. The number of anilines is 1. The fourth-order valence-corrected chi connectivity index (χ4v) is 5.83. The summed E-state index contributed by atoms with van der Waals surface area (Å²) in [7, 11) is 0. The Labute approximate surface area is 197 Å². The zero-order chi connectivity index (χ0) is 23.8. The standard InChI is InChI=1S/C25H19N6O4/c32-30(33)15-13-17-23(21(14-15)31(34)35)27-12-6-5-11-22(27)28-19-9-3-1-7-16(19)24-26-18-8-2-4-10-20(18)29(24)25(17)28/h1-4,7-10,13-14,22H,5-6,11-12H2/q+1. The van der Waals surface area contributed by atoms with Gasteiger partial charge in [-0.1, -0.05) is 24.3 Å². The molecule has 3 aromatic carbocycles. The van der Waals surface area contributed by atoms with Crippen molar-refractivity contribution in [2.75, 3.05) is 11.4 Å². The van der Waals surface area contributed by atoms with E-state index in [1.807, 2.05) is 52.9 Å². The summed E-state index contributed by atoms with van der Waals surface area (Å²) >= 11 is 0. The second-order valence-corrected chi connectivity index (χ2v) is 9.02. The third-order valence-electron chi connectivity index (χ3n) is 7.18. The van der Waals surface area contributed by atoms with Crippen LogP contribution in [-0.4, -0.2) is 25.8 Å². The van der Waals surface area contributed by atoms with Crippen molar-refractivity contribution >= 4 is 44.6 Å². The van der Waals surface area contributed by atoms with E-state index in [-0.39, 0.29) is 17.5 Å². The van der Waals surface area contributed by atoms with Gasteiger partial charge in [-0.2, -0.15) is 4.40 Å². The lowest BCUT2D eigenvalue weighted by molar-refractivity contribution is -0.693. The molecule has 0 N–H and O–H groups in total. The van der Waals surface area contributed by atoms with Crippen molar-refractivity contribution < 1.29 is 14.4 Å². The van der Waals surface area contributed by atoms with Crippen LogP contribution in [0.25, 0.3) is 39.0 Å². The number of nitrogens with zero attached hydrogens (tertiary/aromatic N) is 6. The Morgan fingerprint density at radius 3 is 2.60 bits per heavy atom. The lowest BCUT2D eigenvalue weighted by atomic mass is 9.97. The molecule has 172 valence electrons. The van der Waals surface area contributed by atoms with E-state index >= 15 is 0 Å². The first-order valence-electron chi connectivity index (χ1n) is 11.5. The van der Waals surface area contributed by atoms with Gasteiger partial charge >= 0.3 is 5.82 Å². The first-order chi connectivity index (χ1) is 17.0. The van der Waals surface area contributed by atoms with Crippen molar-refractivity contribution in [2.45, 2.75) is 25.4 Å². The Morgan fingerprint density at radius 1 is 0.971 bits per heavy atom. The second kappa shape index (κ2) is 6.95. The summed E-state index contributed by atoms with van der Waals surface area (Å²) in [5, 5.41) is 25.0. The molecule has 2 aliphatic rings. The van der Waals surface area contributed by atoms with Crippen molar-refractivity contribution in [1.29, 1.82) is 0 Å². The normalized spacial score (nSPS) is 16.8. The molecule has 5 aromatic rings. The topological polar surface area (TPSA) is 111 Å². The van der Waals surface area contributed by atoms with Gasteiger partial charge in [-0.05, 0) is 37.1 Å². The predicted octanol–water partition coefficient (Wildman–Crippen LogP) is 4.91. The quantitative estimate of drug-likeness (QED) is 0.207. The van der Waals surface area contributed by atoms with Gasteiger partial charge in [0.15, 0.2) is 11.7 Å². The molecule has 1 fully saturated rings. The number of hydrogen-bond donors (Lipinski definition) is 0. The third-order valence-corrected chi connectivity index (χ3v) is 7.18. The van der Waals surface area contributed by atoms with E-state index in [1.165, 1.54) is 6.07 Å². The fraction of sp³-hybridized carbons (Fsp3) is 0.200. The lowest BCUT2D eigenvalue weighted by Crippen LogP contribution is -2.57. The molecule has 10 nitrogen and oxygen atoms in total. The number of imidazole rings is 1. The molecular weight excluding hydrogens is 448 g/mol. The SMILES string of the molecule is O=[N+]([O-])c1cc2c(c([N+](=O)[O-])c1)N1CCCCC1[n+]1c-2n2c3ccccc3nc2c2ccccc21. The average Bonchev–Trinajstić information content (AvgIpc) is 3.27. The Bertz CT molecular complexity index is 1740. The van der Waals surface area contributed by atoms with Crippen LogP contribution in [0.1, 0.15) is 25.4 Å².